The van der Waals surface area contributed by atoms with Crippen LogP contribution in [0.2, 0.25) is 0 Å². The zero-order valence-electron chi connectivity index (χ0n) is 23.3. The molecule has 42 heavy (non-hydrogen) atoms. The first-order valence-corrected chi connectivity index (χ1v) is 13.7. The highest BCUT2D eigenvalue weighted by Crippen LogP contribution is 2.51. The second-order valence-corrected chi connectivity index (χ2v) is 11.5. The van der Waals surface area contributed by atoms with E-state index in [1.807, 2.05) is 38.4 Å². The summed E-state index contributed by atoms with van der Waals surface area (Å²) < 4.78 is 0. The average Bonchev–Trinajstić information content (AvgIpc) is 2.90. The van der Waals surface area contributed by atoms with Crippen molar-refractivity contribution in [1.29, 1.82) is 0 Å². The largest absolute Gasteiger partial charge is 0.511 e. The minimum absolute atomic E-state index is 0.00285. The van der Waals surface area contributed by atoms with E-state index in [0.717, 1.165) is 11.1 Å². The molecule has 0 saturated heterocycles. The molecule has 2 aromatic carbocycles. The molecule has 3 aliphatic carbocycles. The van der Waals surface area contributed by atoms with Gasteiger partial charge in [0.2, 0.25) is 11.7 Å². The maximum Gasteiger partial charge on any atom is 0.255 e. The first-order chi connectivity index (χ1) is 19.8. The van der Waals surface area contributed by atoms with Crippen molar-refractivity contribution < 1.29 is 39.6 Å². The van der Waals surface area contributed by atoms with Crippen LogP contribution in [0.4, 0.5) is 5.69 Å². The quantitative estimate of drug-likeness (QED) is 0.268. The molecule has 0 bridgehead atoms. The van der Waals surface area contributed by atoms with Crippen molar-refractivity contribution in [3.05, 3.63) is 81.3 Å². The van der Waals surface area contributed by atoms with E-state index < -0.39 is 52.0 Å². The van der Waals surface area contributed by atoms with Crippen LogP contribution in [0.15, 0.2) is 59.1 Å². The van der Waals surface area contributed by atoms with Crippen molar-refractivity contribution in [2.24, 2.45) is 17.6 Å². The summed E-state index contributed by atoms with van der Waals surface area (Å²) in [5.74, 6) is -6.57. The van der Waals surface area contributed by atoms with Crippen LogP contribution in [0.5, 0.6) is 5.75 Å². The van der Waals surface area contributed by atoms with Crippen LogP contribution in [0.3, 0.4) is 0 Å². The number of aliphatic hydroxyl groups is 3. The number of nitrogens with one attached hydrogen (secondary N) is 1. The number of phenols is 1. The fourth-order valence-electron chi connectivity index (χ4n) is 6.44. The summed E-state index contributed by atoms with van der Waals surface area (Å²) in [6.45, 7) is 0.269. The standard InChI is InChI=1S/C31H33N3O8/c1-34(2)14-23(37)33-19-8-4-15(5-9-19)3-6-16-7-10-21(35)25-20(16)12-17-11-18-13-22(36)26(30(32)41)29(40)31(18,42)28(39)24(17)27(25)38/h4-5,7-10,17-18,35-36,39,42H,3,6,11-14H2,1-2H3,(H2,32,41)(H,33,37)/t17-,18+,31+/m1/s1. The minimum Gasteiger partial charge on any atom is -0.511 e. The van der Waals surface area contributed by atoms with Crippen molar-refractivity contribution in [2.75, 3.05) is 26.0 Å². The van der Waals surface area contributed by atoms with Gasteiger partial charge in [0, 0.05) is 23.6 Å². The Kier molecular flexibility index (Phi) is 7.42. The summed E-state index contributed by atoms with van der Waals surface area (Å²) in [5.41, 5.74) is 4.82. The van der Waals surface area contributed by atoms with Crippen LogP contribution in [0.25, 0.3) is 0 Å². The first kappa shape index (κ1) is 29.0. The van der Waals surface area contributed by atoms with Gasteiger partial charge in [0.05, 0.1) is 12.1 Å². The number of likely N-dealkylation sites (N-methyl/N-ethyl adjacent to an activating group) is 1. The number of aliphatic hydroxyl groups excluding tert-OH is 2. The number of phenolic OH excluding ortho intramolecular Hbond substituents is 1. The van der Waals surface area contributed by atoms with Crippen LogP contribution in [-0.4, -0.2) is 74.9 Å². The molecule has 7 N–H and O–H groups in total. The van der Waals surface area contributed by atoms with E-state index >= 15 is 0 Å². The van der Waals surface area contributed by atoms with Gasteiger partial charge in [0.25, 0.3) is 5.91 Å². The lowest BCUT2D eigenvalue weighted by molar-refractivity contribution is -0.144. The van der Waals surface area contributed by atoms with Crippen molar-refractivity contribution >= 4 is 29.1 Å². The fraction of sp³-hybridized carbons (Fsp3) is 0.355. The van der Waals surface area contributed by atoms with E-state index in [1.54, 1.807) is 11.0 Å². The summed E-state index contributed by atoms with van der Waals surface area (Å²) >= 11 is 0. The Morgan fingerprint density at radius 1 is 1.02 bits per heavy atom. The minimum atomic E-state index is -2.58. The van der Waals surface area contributed by atoms with Crippen LogP contribution in [0.1, 0.15) is 39.9 Å². The summed E-state index contributed by atoms with van der Waals surface area (Å²) in [7, 11) is 3.62. The number of Topliss-reactive ketones (excluding diaryl/α,β-unsaturated/α-hetero) is 2. The number of anilines is 1. The van der Waals surface area contributed by atoms with E-state index in [0.29, 0.717) is 24.1 Å². The number of nitrogens with zero attached hydrogens (tertiary/aromatic N) is 1. The predicted molar refractivity (Wildman–Crippen MR) is 152 cm³/mol. The Morgan fingerprint density at radius 2 is 1.71 bits per heavy atom. The molecule has 0 aliphatic heterocycles. The summed E-state index contributed by atoms with van der Waals surface area (Å²) in [5, 5.41) is 46.4. The fourth-order valence-corrected chi connectivity index (χ4v) is 6.44. The number of aromatic hydroxyl groups is 1. The first-order valence-electron chi connectivity index (χ1n) is 13.7. The molecule has 11 nitrogen and oxygen atoms in total. The zero-order valence-corrected chi connectivity index (χ0v) is 23.3. The molecule has 0 saturated carbocycles. The van der Waals surface area contributed by atoms with Gasteiger partial charge in [-0.1, -0.05) is 18.2 Å². The molecule has 2 amide bonds. The summed E-state index contributed by atoms with van der Waals surface area (Å²) in [4.78, 5) is 52.4. The van der Waals surface area contributed by atoms with Gasteiger partial charge in [-0.05, 0) is 80.6 Å². The molecule has 220 valence electrons. The van der Waals surface area contributed by atoms with Gasteiger partial charge in [-0.25, -0.2) is 0 Å². The van der Waals surface area contributed by atoms with Gasteiger partial charge in [0.15, 0.2) is 11.4 Å². The summed E-state index contributed by atoms with van der Waals surface area (Å²) in [6.07, 6.45) is 1.22. The Labute approximate surface area is 241 Å². The van der Waals surface area contributed by atoms with E-state index in [2.05, 4.69) is 5.32 Å². The maximum atomic E-state index is 13.7. The molecule has 0 heterocycles. The zero-order chi connectivity index (χ0) is 30.5. The van der Waals surface area contributed by atoms with Crippen molar-refractivity contribution in [3.63, 3.8) is 0 Å². The monoisotopic (exact) mass is 575 g/mol. The number of rotatable bonds is 7. The number of allylic oxidation sites excluding steroid dienone is 2. The molecule has 3 atom stereocenters. The Bertz CT molecular complexity index is 1570. The normalized spacial score (nSPS) is 23.4. The van der Waals surface area contributed by atoms with Crippen molar-refractivity contribution in [1.82, 2.24) is 4.90 Å². The number of aryl methyl sites for hydroxylation is 2. The molecule has 0 spiro atoms. The number of primary amides is 1. The van der Waals surface area contributed by atoms with Gasteiger partial charge in [0.1, 0.15) is 22.8 Å². The SMILES string of the molecule is CN(C)CC(=O)Nc1ccc(CCc2ccc(O)c3c2C[C@H]2C[C@H]4CC(O)=C(C(N)=O)C(=O)[C@@]4(O)C(O)=C2C3=O)cc1. The number of nitrogens with two attached hydrogens (primary N) is 1. The van der Waals surface area contributed by atoms with Crippen molar-refractivity contribution in [3.8, 4) is 5.75 Å². The third-order valence-corrected chi connectivity index (χ3v) is 8.42. The van der Waals surface area contributed by atoms with Crippen LogP contribution >= 0.6 is 0 Å². The van der Waals surface area contributed by atoms with Crippen LogP contribution in [0, 0.1) is 11.8 Å². The van der Waals surface area contributed by atoms with Gasteiger partial charge < -0.3 is 36.4 Å². The molecule has 0 fully saturated rings. The number of amides is 2. The number of hydrogen-bond donors (Lipinski definition) is 6. The lowest BCUT2D eigenvalue weighted by Gasteiger charge is -2.45. The molecular formula is C31H33N3O8. The van der Waals surface area contributed by atoms with Gasteiger partial charge in [-0.2, -0.15) is 0 Å². The number of hydrogen-bond acceptors (Lipinski definition) is 9. The molecule has 11 heteroatoms. The Hall–Kier alpha value is -4.48. The number of fused-ring (bicyclic) bond motifs is 3. The van der Waals surface area contributed by atoms with Gasteiger partial charge >= 0.3 is 0 Å². The number of benzene rings is 2. The Morgan fingerprint density at radius 3 is 2.36 bits per heavy atom. The average molecular weight is 576 g/mol. The third kappa shape index (κ3) is 4.84. The Balaban J connectivity index is 1.41. The highest BCUT2D eigenvalue weighted by molar-refractivity contribution is 6.24. The molecule has 0 unspecified atom stereocenters. The molecular weight excluding hydrogens is 542 g/mol. The van der Waals surface area contributed by atoms with Crippen molar-refractivity contribution in [2.45, 2.75) is 37.7 Å². The number of carbonyl (C=O) groups excluding carboxylic acids is 4. The molecule has 0 radical (unpaired) electrons. The molecule has 2 aromatic rings. The lowest BCUT2D eigenvalue weighted by atomic mass is 9.60. The number of carbonyl (C=O) groups is 4. The lowest BCUT2D eigenvalue weighted by Crippen LogP contribution is -2.57. The van der Waals surface area contributed by atoms with E-state index in [1.165, 1.54) is 6.07 Å². The van der Waals surface area contributed by atoms with E-state index in [4.69, 9.17) is 5.73 Å². The van der Waals surface area contributed by atoms with Gasteiger partial charge in [-0.3, -0.25) is 19.2 Å². The highest BCUT2D eigenvalue weighted by Gasteiger charge is 2.59. The van der Waals surface area contributed by atoms with Gasteiger partial charge in [-0.15, -0.1) is 0 Å². The topological polar surface area (TPSA) is 190 Å². The molecule has 5 rings (SSSR count). The number of ketones is 2. The van der Waals surface area contributed by atoms with E-state index in [9.17, 15) is 39.6 Å². The summed E-state index contributed by atoms with van der Waals surface area (Å²) in [6, 6.07) is 10.6. The van der Waals surface area contributed by atoms with Crippen LogP contribution in [-0.2, 0) is 33.6 Å². The molecule has 0 aromatic heterocycles. The second kappa shape index (κ2) is 10.7. The maximum absolute atomic E-state index is 13.7. The highest BCUT2D eigenvalue weighted by atomic mass is 16.3. The second-order valence-electron chi connectivity index (χ2n) is 11.5. The molecule has 3 aliphatic rings. The van der Waals surface area contributed by atoms with Crippen LogP contribution < -0.4 is 11.1 Å². The predicted octanol–water partition coefficient (Wildman–Crippen LogP) is 1.87. The smallest absolute Gasteiger partial charge is 0.255 e. The third-order valence-electron chi connectivity index (χ3n) is 8.42. The van der Waals surface area contributed by atoms with E-state index in [-0.39, 0.29) is 48.6 Å².